The van der Waals surface area contributed by atoms with Gasteiger partial charge in [-0.1, -0.05) is 60.7 Å². The highest BCUT2D eigenvalue weighted by molar-refractivity contribution is 5.83. The summed E-state index contributed by atoms with van der Waals surface area (Å²) < 4.78 is 24.5. The fourth-order valence-corrected chi connectivity index (χ4v) is 6.61. The summed E-state index contributed by atoms with van der Waals surface area (Å²) in [5.74, 6) is -0.164. The van der Waals surface area contributed by atoms with Crippen molar-refractivity contribution in [2.45, 2.75) is 84.7 Å². The first-order valence-electron chi connectivity index (χ1n) is 16.9. The number of carbonyl (C=O) groups is 1. The van der Waals surface area contributed by atoms with E-state index in [1.54, 1.807) is 15.6 Å². The van der Waals surface area contributed by atoms with Gasteiger partial charge in [-0.05, 0) is 83.1 Å². The fourth-order valence-electron chi connectivity index (χ4n) is 6.61. The fraction of sp³-hybridized carbons (Fsp3) is 0.447. The lowest BCUT2D eigenvalue weighted by molar-refractivity contribution is 0.0442. The number of rotatable bonds is 10. The highest BCUT2D eigenvalue weighted by Crippen LogP contribution is 2.35. The van der Waals surface area contributed by atoms with Crippen molar-refractivity contribution in [3.05, 3.63) is 111 Å². The third-order valence-electron chi connectivity index (χ3n) is 9.40. The van der Waals surface area contributed by atoms with E-state index >= 15 is 4.39 Å². The maximum atomic E-state index is 16.1. The lowest BCUT2D eigenvalue weighted by Crippen LogP contribution is -2.52. The Balaban J connectivity index is 1.38. The summed E-state index contributed by atoms with van der Waals surface area (Å²) in [5.41, 5.74) is 0.499. The summed E-state index contributed by atoms with van der Waals surface area (Å²) in [6.07, 6.45) is 2.25. The Morgan fingerprint density at radius 2 is 1.52 bits per heavy atom. The molecule has 9 nitrogen and oxygen atoms in total. The predicted molar refractivity (Wildman–Crippen MR) is 187 cm³/mol. The Kier molecular flexibility index (Phi) is 9.11. The average Bonchev–Trinajstić information content (AvgIpc) is 3.70. The van der Waals surface area contributed by atoms with E-state index in [1.807, 2.05) is 100 Å². The molecule has 0 spiro atoms. The number of hydrogen-bond donors (Lipinski definition) is 1. The molecule has 48 heavy (non-hydrogen) atoms. The maximum absolute atomic E-state index is 16.1. The molecular weight excluding hydrogens is 609 g/mol. The predicted octanol–water partition coefficient (Wildman–Crippen LogP) is 6.18. The molecule has 2 heterocycles. The number of hydrogen-bond acceptors (Lipinski definition) is 6. The molecule has 1 aliphatic heterocycles. The van der Waals surface area contributed by atoms with Crippen LogP contribution in [0.15, 0.2) is 82.4 Å². The van der Waals surface area contributed by atoms with Crippen LogP contribution in [0.2, 0.25) is 0 Å². The summed E-state index contributed by atoms with van der Waals surface area (Å²) in [6.45, 7) is 11.5. The summed E-state index contributed by atoms with van der Waals surface area (Å²) in [5, 5.41) is 4.93. The first-order valence-corrected chi connectivity index (χ1v) is 16.9. The largest absolute Gasteiger partial charge is 0.444 e. The van der Waals surface area contributed by atoms with Gasteiger partial charge in [-0.15, -0.1) is 0 Å². The second-order valence-corrected chi connectivity index (χ2v) is 14.8. The van der Waals surface area contributed by atoms with Gasteiger partial charge in [-0.25, -0.2) is 14.0 Å². The topological polar surface area (TPSA) is 88.8 Å². The standard InChI is InChI=1S/C38H46FN5O4/c1-37(2,3)48-35(46)40-38(4,5)29-18-19-41(25-29)33-21-32-30(20-31(33)39)34(45)44(36(47)43(32)24-28-16-17-28)42(22-26-12-8-6-9-13-26)23-27-14-10-7-11-15-27/h6-15,20-21,28-29H,16-19,22-25H2,1-5H3,(H,40,46). The Bertz CT molecular complexity index is 1850. The van der Waals surface area contributed by atoms with Gasteiger partial charge >= 0.3 is 11.8 Å². The van der Waals surface area contributed by atoms with Crippen LogP contribution in [0.1, 0.15) is 65.0 Å². The Morgan fingerprint density at radius 1 is 0.917 bits per heavy atom. The molecule has 1 aliphatic carbocycles. The van der Waals surface area contributed by atoms with Crippen molar-refractivity contribution >= 4 is 22.7 Å². The summed E-state index contributed by atoms with van der Waals surface area (Å²) >= 11 is 0. The van der Waals surface area contributed by atoms with Gasteiger partial charge in [-0.3, -0.25) is 14.4 Å². The molecular formula is C38H46FN5O4. The lowest BCUT2D eigenvalue weighted by Gasteiger charge is -2.34. The molecule has 3 aromatic carbocycles. The monoisotopic (exact) mass is 655 g/mol. The van der Waals surface area contributed by atoms with E-state index in [2.05, 4.69) is 5.32 Å². The van der Waals surface area contributed by atoms with Crippen LogP contribution in [-0.4, -0.2) is 39.6 Å². The summed E-state index contributed by atoms with van der Waals surface area (Å²) in [7, 11) is 0. The molecule has 1 aromatic heterocycles. The number of ether oxygens (including phenoxy) is 1. The van der Waals surface area contributed by atoms with Gasteiger partial charge in [0.25, 0.3) is 5.56 Å². The van der Waals surface area contributed by atoms with Crippen molar-refractivity contribution < 1.29 is 13.9 Å². The molecule has 1 amide bonds. The van der Waals surface area contributed by atoms with Gasteiger partial charge in [0.15, 0.2) is 0 Å². The van der Waals surface area contributed by atoms with E-state index in [0.717, 1.165) is 30.4 Å². The molecule has 1 saturated carbocycles. The van der Waals surface area contributed by atoms with Crippen LogP contribution in [0.25, 0.3) is 10.9 Å². The molecule has 254 valence electrons. The van der Waals surface area contributed by atoms with E-state index < -0.39 is 34.3 Å². The number of amides is 1. The number of benzene rings is 3. The van der Waals surface area contributed by atoms with Crippen LogP contribution >= 0.6 is 0 Å². The maximum Gasteiger partial charge on any atom is 0.408 e. The second kappa shape index (κ2) is 13.1. The molecule has 1 N–H and O–H groups in total. The van der Waals surface area contributed by atoms with E-state index in [-0.39, 0.29) is 11.3 Å². The lowest BCUT2D eigenvalue weighted by atomic mass is 9.87. The Labute approximate surface area is 280 Å². The van der Waals surface area contributed by atoms with E-state index in [9.17, 15) is 14.4 Å². The minimum atomic E-state index is -0.620. The second-order valence-electron chi connectivity index (χ2n) is 14.8. The summed E-state index contributed by atoms with van der Waals surface area (Å²) in [6, 6.07) is 22.4. The minimum absolute atomic E-state index is 0.0197. The molecule has 2 fully saturated rings. The Hall–Kier alpha value is -4.60. The number of fused-ring (bicyclic) bond motifs is 1. The zero-order valence-corrected chi connectivity index (χ0v) is 28.5. The molecule has 1 saturated heterocycles. The first-order chi connectivity index (χ1) is 22.8. The minimum Gasteiger partial charge on any atom is -0.444 e. The molecule has 10 heteroatoms. The number of nitrogens with one attached hydrogen (secondary N) is 1. The molecule has 1 atom stereocenters. The van der Waals surface area contributed by atoms with Crippen molar-refractivity contribution in [1.29, 1.82) is 0 Å². The van der Waals surface area contributed by atoms with Gasteiger partial charge in [0.05, 0.1) is 29.7 Å². The van der Waals surface area contributed by atoms with Crippen molar-refractivity contribution in [3.8, 4) is 0 Å². The number of halogens is 1. The van der Waals surface area contributed by atoms with Gasteiger partial charge in [0, 0.05) is 31.1 Å². The molecule has 4 aromatic rings. The van der Waals surface area contributed by atoms with E-state index in [4.69, 9.17) is 4.74 Å². The van der Waals surface area contributed by atoms with Crippen LogP contribution in [0, 0.1) is 17.7 Å². The van der Waals surface area contributed by atoms with Crippen molar-refractivity contribution in [2.75, 3.05) is 23.0 Å². The van der Waals surface area contributed by atoms with Gasteiger partial charge in [-0.2, -0.15) is 4.68 Å². The van der Waals surface area contributed by atoms with Gasteiger partial charge in [0.1, 0.15) is 11.4 Å². The molecule has 2 aliphatic rings. The van der Waals surface area contributed by atoms with Crippen molar-refractivity contribution in [3.63, 3.8) is 0 Å². The number of aromatic nitrogens is 2. The average molecular weight is 656 g/mol. The van der Waals surface area contributed by atoms with Crippen LogP contribution in [0.5, 0.6) is 0 Å². The van der Waals surface area contributed by atoms with Crippen LogP contribution < -0.4 is 26.5 Å². The van der Waals surface area contributed by atoms with Crippen molar-refractivity contribution in [2.24, 2.45) is 11.8 Å². The SMILES string of the molecule is CC(C)(C)OC(=O)NC(C)(C)C1CCN(c2cc3c(cc2F)c(=O)n(N(Cc2ccccc2)Cc2ccccc2)c(=O)n3CC2CC2)C1. The third-order valence-corrected chi connectivity index (χ3v) is 9.40. The highest BCUT2D eigenvalue weighted by Gasteiger charge is 2.38. The van der Waals surface area contributed by atoms with E-state index in [1.165, 1.54) is 10.7 Å². The van der Waals surface area contributed by atoms with Gasteiger partial charge in [0.2, 0.25) is 0 Å². The zero-order valence-electron chi connectivity index (χ0n) is 28.5. The molecule has 0 radical (unpaired) electrons. The Morgan fingerprint density at radius 3 is 2.08 bits per heavy atom. The van der Waals surface area contributed by atoms with Crippen molar-refractivity contribution in [1.82, 2.24) is 14.6 Å². The highest BCUT2D eigenvalue weighted by atomic mass is 19.1. The van der Waals surface area contributed by atoms with E-state index in [0.29, 0.717) is 49.8 Å². The molecule has 6 rings (SSSR count). The normalized spacial score (nSPS) is 16.7. The number of nitrogens with zero attached hydrogens (tertiary/aromatic N) is 4. The number of anilines is 1. The first kappa shape index (κ1) is 33.3. The van der Waals surface area contributed by atoms with Gasteiger partial charge < -0.3 is 15.0 Å². The third kappa shape index (κ3) is 7.42. The molecule has 0 bridgehead atoms. The molecule has 1 unspecified atom stereocenters. The van der Waals surface area contributed by atoms with Crippen LogP contribution in [-0.2, 0) is 24.4 Å². The number of carbonyl (C=O) groups excluding carboxylic acids is 1. The van der Waals surface area contributed by atoms with Crippen LogP contribution in [0.4, 0.5) is 14.9 Å². The van der Waals surface area contributed by atoms with Crippen LogP contribution in [0.3, 0.4) is 0 Å². The number of alkyl carbamates (subject to hydrolysis) is 1. The smallest absolute Gasteiger partial charge is 0.408 e. The zero-order chi connectivity index (χ0) is 34.2. The quantitative estimate of drug-likeness (QED) is 0.220. The summed E-state index contributed by atoms with van der Waals surface area (Å²) in [4.78, 5) is 43.2.